The van der Waals surface area contributed by atoms with Crippen LogP contribution in [0.1, 0.15) is 31.7 Å². The molecule has 3 rings (SSSR count). The molecule has 2 aliphatic heterocycles. The molecule has 2 N–H and O–H groups in total. The summed E-state index contributed by atoms with van der Waals surface area (Å²) >= 11 is 0. The maximum atomic E-state index is 12.4. The highest BCUT2D eigenvalue weighted by Crippen LogP contribution is 2.22. The molecule has 3 amide bonds. The van der Waals surface area contributed by atoms with E-state index in [4.69, 9.17) is 0 Å². The number of benzene rings is 1. The molecule has 0 aromatic heterocycles. The predicted molar refractivity (Wildman–Crippen MR) is 108 cm³/mol. The zero-order valence-corrected chi connectivity index (χ0v) is 17.0. The van der Waals surface area contributed by atoms with E-state index in [-0.39, 0.29) is 48.4 Å². The number of nitrogens with one attached hydrogen (secondary N) is 2. The van der Waals surface area contributed by atoms with Gasteiger partial charge in [-0.15, -0.1) is 0 Å². The average Bonchev–Trinajstić information content (AvgIpc) is 3.06. The van der Waals surface area contributed by atoms with Gasteiger partial charge in [0.15, 0.2) is 9.84 Å². The van der Waals surface area contributed by atoms with E-state index in [9.17, 15) is 22.8 Å². The maximum absolute atomic E-state index is 12.4. The zero-order valence-electron chi connectivity index (χ0n) is 16.2. The zero-order chi connectivity index (χ0) is 21.0. The average molecular weight is 420 g/mol. The number of rotatable bonds is 6. The Morgan fingerprint density at radius 3 is 2.69 bits per heavy atom. The molecule has 0 spiro atoms. The van der Waals surface area contributed by atoms with Crippen LogP contribution < -0.4 is 10.6 Å². The number of hydrogen-bond acceptors (Lipinski definition) is 6. The van der Waals surface area contributed by atoms with Gasteiger partial charge in [-0.1, -0.05) is 25.1 Å². The molecule has 10 heteroatoms. The number of amides is 3. The van der Waals surface area contributed by atoms with Crippen LogP contribution >= 0.6 is 0 Å². The van der Waals surface area contributed by atoms with E-state index in [2.05, 4.69) is 15.7 Å². The first kappa shape index (κ1) is 21.0. The van der Waals surface area contributed by atoms with Crippen LogP contribution in [0.4, 0.5) is 5.69 Å². The van der Waals surface area contributed by atoms with Gasteiger partial charge in [-0.25, -0.2) is 13.4 Å². The van der Waals surface area contributed by atoms with Crippen molar-refractivity contribution in [3.63, 3.8) is 0 Å². The molecular weight excluding hydrogens is 396 g/mol. The predicted octanol–water partition coefficient (Wildman–Crippen LogP) is 0.469. The van der Waals surface area contributed by atoms with Gasteiger partial charge in [0, 0.05) is 18.5 Å². The topological polar surface area (TPSA) is 125 Å². The van der Waals surface area contributed by atoms with E-state index in [0.29, 0.717) is 12.1 Å². The van der Waals surface area contributed by atoms with Gasteiger partial charge in [0.2, 0.25) is 11.8 Å². The van der Waals surface area contributed by atoms with Gasteiger partial charge in [0.1, 0.15) is 5.71 Å². The van der Waals surface area contributed by atoms with Crippen LogP contribution in [0.15, 0.2) is 29.4 Å². The molecule has 0 bridgehead atoms. The van der Waals surface area contributed by atoms with E-state index in [1.54, 1.807) is 6.07 Å². The molecule has 2 aliphatic rings. The van der Waals surface area contributed by atoms with Crippen molar-refractivity contribution in [3.05, 3.63) is 29.8 Å². The van der Waals surface area contributed by atoms with Crippen molar-refractivity contribution in [2.24, 2.45) is 5.10 Å². The first-order valence-electron chi connectivity index (χ1n) is 9.55. The van der Waals surface area contributed by atoms with Crippen LogP contribution in [0.25, 0.3) is 0 Å². The van der Waals surface area contributed by atoms with Gasteiger partial charge in [-0.2, -0.15) is 5.10 Å². The number of carbonyl (C=O) groups is 3. The Bertz CT molecular complexity index is 957. The van der Waals surface area contributed by atoms with Gasteiger partial charge in [-0.05, 0) is 24.5 Å². The lowest BCUT2D eigenvalue weighted by atomic mass is 10.1. The molecule has 0 aliphatic carbocycles. The minimum Gasteiger partial charge on any atom is -0.342 e. The molecule has 1 aromatic rings. The fourth-order valence-electron chi connectivity index (χ4n) is 3.40. The quantitative estimate of drug-likeness (QED) is 0.692. The number of aryl methyl sites for hydroxylation is 1. The maximum Gasteiger partial charge on any atom is 0.267 e. The smallest absolute Gasteiger partial charge is 0.267 e. The molecule has 1 fully saturated rings. The highest BCUT2D eigenvalue weighted by molar-refractivity contribution is 7.91. The van der Waals surface area contributed by atoms with Gasteiger partial charge in [0.05, 0.1) is 24.1 Å². The Kier molecular flexibility index (Phi) is 6.31. The lowest BCUT2D eigenvalue weighted by Crippen LogP contribution is -2.45. The Morgan fingerprint density at radius 1 is 1.24 bits per heavy atom. The van der Waals surface area contributed by atoms with Crippen LogP contribution in [-0.4, -0.2) is 61.0 Å². The summed E-state index contributed by atoms with van der Waals surface area (Å²) in [6.07, 6.45) is 1.31. The molecule has 9 nitrogen and oxygen atoms in total. The molecule has 0 saturated carbocycles. The third-order valence-corrected chi connectivity index (χ3v) is 6.71. The molecule has 1 saturated heterocycles. The number of hydrazone groups is 1. The van der Waals surface area contributed by atoms with E-state index < -0.39 is 21.8 Å². The molecule has 156 valence electrons. The summed E-state index contributed by atoms with van der Waals surface area (Å²) < 4.78 is 23.3. The SMILES string of the molecule is CCc1ccccc1NC(=O)CNC(=O)C1=NN(C2CCS(=O)(=O)C2)C(=O)CC1. The summed E-state index contributed by atoms with van der Waals surface area (Å²) in [7, 11) is -3.18. The molecule has 0 radical (unpaired) electrons. The minimum atomic E-state index is -3.18. The molecule has 1 atom stereocenters. The van der Waals surface area contributed by atoms with Crippen LogP contribution in [0.5, 0.6) is 0 Å². The Hall–Kier alpha value is -2.75. The fourth-order valence-corrected chi connectivity index (χ4v) is 5.09. The van der Waals surface area contributed by atoms with Crippen LogP contribution in [-0.2, 0) is 30.6 Å². The minimum absolute atomic E-state index is 0.0118. The Morgan fingerprint density at radius 2 is 2.00 bits per heavy atom. The molecule has 1 aromatic carbocycles. The normalized spacial score (nSPS) is 20.9. The summed E-state index contributed by atoms with van der Waals surface area (Å²) in [6, 6.07) is 6.88. The molecule has 29 heavy (non-hydrogen) atoms. The largest absolute Gasteiger partial charge is 0.342 e. The monoisotopic (exact) mass is 420 g/mol. The Labute approximate surface area is 169 Å². The van der Waals surface area contributed by atoms with Crippen molar-refractivity contribution < 1.29 is 22.8 Å². The van der Waals surface area contributed by atoms with Crippen molar-refractivity contribution in [2.45, 2.75) is 38.6 Å². The highest BCUT2D eigenvalue weighted by atomic mass is 32.2. The summed E-state index contributed by atoms with van der Waals surface area (Å²) in [6.45, 7) is 1.75. The van der Waals surface area contributed by atoms with Crippen LogP contribution in [0, 0.1) is 0 Å². The highest BCUT2D eigenvalue weighted by Gasteiger charge is 2.37. The fraction of sp³-hybridized carbons (Fsp3) is 0.474. The first-order valence-corrected chi connectivity index (χ1v) is 11.4. The third-order valence-electron chi connectivity index (χ3n) is 4.96. The van der Waals surface area contributed by atoms with Gasteiger partial charge in [-0.3, -0.25) is 14.4 Å². The van der Waals surface area contributed by atoms with Gasteiger partial charge in [0.25, 0.3) is 5.91 Å². The van der Waals surface area contributed by atoms with Crippen molar-refractivity contribution in [1.82, 2.24) is 10.3 Å². The third kappa shape index (κ3) is 5.20. The molecule has 2 heterocycles. The lowest BCUT2D eigenvalue weighted by Gasteiger charge is -2.27. The van der Waals surface area contributed by atoms with E-state index >= 15 is 0 Å². The number of nitrogens with zero attached hydrogens (tertiary/aromatic N) is 2. The number of hydrogen-bond donors (Lipinski definition) is 2. The van der Waals surface area contributed by atoms with Gasteiger partial charge < -0.3 is 10.6 Å². The summed E-state index contributed by atoms with van der Waals surface area (Å²) in [5.41, 5.74) is 1.81. The van der Waals surface area contributed by atoms with Crippen molar-refractivity contribution in [3.8, 4) is 0 Å². The Balaban J connectivity index is 1.59. The van der Waals surface area contributed by atoms with Crippen LogP contribution in [0.3, 0.4) is 0 Å². The van der Waals surface area contributed by atoms with Crippen LogP contribution in [0.2, 0.25) is 0 Å². The van der Waals surface area contributed by atoms with E-state index in [1.165, 1.54) is 0 Å². The lowest BCUT2D eigenvalue weighted by molar-refractivity contribution is -0.133. The van der Waals surface area contributed by atoms with Crippen molar-refractivity contribution in [2.75, 3.05) is 23.4 Å². The molecular formula is C19H24N4O5S. The summed E-state index contributed by atoms with van der Waals surface area (Å²) in [4.78, 5) is 36.7. The second-order valence-corrected chi connectivity index (χ2v) is 9.31. The standard InChI is InChI=1S/C19H24N4O5S/c1-2-13-5-3-4-6-15(13)21-17(24)11-20-19(26)16-7-8-18(25)23(22-16)14-9-10-29(27,28)12-14/h3-6,14H,2,7-12H2,1H3,(H,20,26)(H,21,24). The second kappa shape index (κ2) is 8.73. The van der Waals surface area contributed by atoms with E-state index in [0.717, 1.165) is 17.0 Å². The van der Waals surface area contributed by atoms with Crippen molar-refractivity contribution >= 4 is 39.0 Å². The number of sulfone groups is 1. The summed E-state index contributed by atoms with van der Waals surface area (Å²) in [5, 5.41) is 10.5. The van der Waals surface area contributed by atoms with Gasteiger partial charge >= 0.3 is 0 Å². The number of carbonyl (C=O) groups excluding carboxylic acids is 3. The number of anilines is 1. The second-order valence-electron chi connectivity index (χ2n) is 7.08. The first-order chi connectivity index (χ1) is 13.8. The van der Waals surface area contributed by atoms with Crippen molar-refractivity contribution in [1.29, 1.82) is 0 Å². The van der Waals surface area contributed by atoms with E-state index in [1.807, 2.05) is 25.1 Å². The molecule has 1 unspecified atom stereocenters. The summed E-state index contributed by atoms with van der Waals surface area (Å²) in [5.74, 6) is -1.33. The number of para-hydroxylation sites is 1.